The van der Waals surface area contributed by atoms with E-state index in [4.69, 9.17) is 14.5 Å². The van der Waals surface area contributed by atoms with Crippen LogP contribution in [0.3, 0.4) is 0 Å². The number of hydrogen-bond donors (Lipinski definition) is 2. The first-order valence-corrected chi connectivity index (χ1v) is 10.8. The zero-order valence-corrected chi connectivity index (χ0v) is 17.8. The molecule has 4 aromatic rings. The van der Waals surface area contributed by atoms with Crippen LogP contribution in [-0.2, 0) is 17.8 Å². The minimum absolute atomic E-state index is 0.581. The molecule has 160 valence electrons. The van der Waals surface area contributed by atoms with Crippen LogP contribution in [0.2, 0.25) is 0 Å². The predicted molar refractivity (Wildman–Crippen MR) is 125 cm³/mol. The highest BCUT2D eigenvalue weighted by Gasteiger charge is 2.17. The van der Waals surface area contributed by atoms with Crippen molar-refractivity contribution >= 4 is 28.2 Å². The maximum atomic E-state index is 5.66. The van der Waals surface area contributed by atoms with Gasteiger partial charge in [-0.15, -0.1) is 0 Å². The Morgan fingerprint density at radius 2 is 1.97 bits per heavy atom. The van der Waals surface area contributed by atoms with Gasteiger partial charge >= 0.3 is 0 Å². The fourth-order valence-corrected chi connectivity index (χ4v) is 4.33. The molecule has 6 rings (SSSR count). The predicted octanol–water partition coefficient (Wildman–Crippen LogP) is 4.62. The second-order valence-corrected chi connectivity index (χ2v) is 8.13. The lowest BCUT2D eigenvalue weighted by molar-refractivity contribution is 0.111. The third-order valence-electron chi connectivity index (χ3n) is 6.08. The normalized spacial score (nSPS) is 14.8. The van der Waals surface area contributed by atoms with Crippen LogP contribution in [-0.4, -0.2) is 34.7 Å². The summed E-state index contributed by atoms with van der Waals surface area (Å²) in [5.74, 6) is 1.25. The summed E-state index contributed by atoms with van der Waals surface area (Å²) in [4.78, 5) is 13.8. The molecule has 2 N–H and O–H groups in total. The SMILES string of the molecule is Cc1c(-c2ccc3cnc(Nc4ccc5c(c4)CCOC5)nc3c2)cnc2c1NCCO2. The van der Waals surface area contributed by atoms with Gasteiger partial charge in [-0.1, -0.05) is 18.2 Å². The van der Waals surface area contributed by atoms with Gasteiger partial charge in [-0.25, -0.2) is 15.0 Å². The number of aromatic nitrogens is 3. The second kappa shape index (κ2) is 7.76. The van der Waals surface area contributed by atoms with Crippen LogP contribution < -0.4 is 15.4 Å². The molecule has 7 nitrogen and oxygen atoms in total. The van der Waals surface area contributed by atoms with E-state index in [1.807, 2.05) is 12.4 Å². The smallest absolute Gasteiger partial charge is 0.237 e. The van der Waals surface area contributed by atoms with E-state index in [9.17, 15) is 0 Å². The summed E-state index contributed by atoms with van der Waals surface area (Å²) in [6, 6.07) is 12.6. The van der Waals surface area contributed by atoms with E-state index in [1.165, 1.54) is 11.1 Å². The summed E-state index contributed by atoms with van der Waals surface area (Å²) >= 11 is 0. The van der Waals surface area contributed by atoms with Crippen molar-refractivity contribution in [1.29, 1.82) is 0 Å². The first-order valence-electron chi connectivity index (χ1n) is 10.8. The molecule has 0 saturated heterocycles. The summed E-state index contributed by atoms with van der Waals surface area (Å²) in [6.07, 6.45) is 4.66. The van der Waals surface area contributed by atoms with Crippen molar-refractivity contribution < 1.29 is 9.47 Å². The molecule has 0 aliphatic carbocycles. The molecular weight excluding hydrogens is 402 g/mol. The average Bonchev–Trinajstić information content (AvgIpc) is 2.84. The molecule has 0 fully saturated rings. The Hall–Kier alpha value is -3.71. The highest BCUT2D eigenvalue weighted by atomic mass is 16.5. The van der Waals surface area contributed by atoms with Crippen molar-refractivity contribution in [3.05, 3.63) is 65.5 Å². The quantitative estimate of drug-likeness (QED) is 0.496. The van der Waals surface area contributed by atoms with Crippen LogP contribution in [0.5, 0.6) is 5.88 Å². The minimum atomic E-state index is 0.581. The van der Waals surface area contributed by atoms with Crippen LogP contribution >= 0.6 is 0 Å². The topological polar surface area (TPSA) is 81.2 Å². The van der Waals surface area contributed by atoms with Crippen LogP contribution in [0, 0.1) is 6.92 Å². The monoisotopic (exact) mass is 425 g/mol. The number of anilines is 3. The van der Waals surface area contributed by atoms with E-state index in [1.54, 1.807) is 0 Å². The fourth-order valence-electron chi connectivity index (χ4n) is 4.33. The van der Waals surface area contributed by atoms with Crippen molar-refractivity contribution in [3.8, 4) is 17.0 Å². The van der Waals surface area contributed by atoms with E-state index in [2.05, 4.69) is 63.9 Å². The number of hydrogen-bond acceptors (Lipinski definition) is 7. The Bertz CT molecular complexity index is 1340. The van der Waals surface area contributed by atoms with E-state index in [0.29, 0.717) is 25.0 Å². The number of fused-ring (bicyclic) bond motifs is 3. The van der Waals surface area contributed by atoms with Crippen LogP contribution in [0.25, 0.3) is 22.0 Å². The van der Waals surface area contributed by atoms with Crippen LogP contribution in [0.15, 0.2) is 48.8 Å². The molecule has 0 saturated carbocycles. The lowest BCUT2D eigenvalue weighted by Crippen LogP contribution is -2.20. The highest BCUT2D eigenvalue weighted by molar-refractivity contribution is 5.86. The van der Waals surface area contributed by atoms with Gasteiger partial charge in [-0.3, -0.25) is 0 Å². The third kappa shape index (κ3) is 3.40. The number of ether oxygens (including phenoxy) is 2. The molecule has 0 amide bonds. The Morgan fingerprint density at radius 1 is 1.00 bits per heavy atom. The summed E-state index contributed by atoms with van der Waals surface area (Å²) in [5.41, 5.74) is 8.66. The summed E-state index contributed by atoms with van der Waals surface area (Å²) < 4.78 is 11.2. The molecule has 0 bridgehead atoms. The van der Waals surface area contributed by atoms with E-state index >= 15 is 0 Å². The molecule has 0 radical (unpaired) electrons. The van der Waals surface area contributed by atoms with Crippen LogP contribution in [0.1, 0.15) is 16.7 Å². The molecule has 0 unspecified atom stereocenters. The summed E-state index contributed by atoms with van der Waals surface area (Å²) in [6.45, 7) is 4.97. The molecule has 0 spiro atoms. The van der Waals surface area contributed by atoms with Gasteiger partial charge in [0.1, 0.15) is 12.3 Å². The van der Waals surface area contributed by atoms with Crippen molar-refractivity contribution in [1.82, 2.24) is 15.0 Å². The largest absolute Gasteiger partial charge is 0.474 e. The number of benzene rings is 2. The lowest BCUT2D eigenvalue weighted by Gasteiger charge is -2.21. The number of rotatable bonds is 3. The average molecular weight is 425 g/mol. The van der Waals surface area contributed by atoms with Gasteiger partial charge in [-0.2, -0.15) is 0 Å². The maximum absolute atomic E-state index is 5.66. The molecular formula is C25H23N5O2. The van der Waals surface area contributed by atoms with Gasteiger partial charge in [0, 0.05) is 35.6 Å². The van der Waals surface area contributed by atoms with E-state index in [0.717, 1.165) is 58.5 Å². The Balaban J connectivity index is 1.33. The highest BCUT2D eigenvalue weighted by Crippen LogP contribution is 2.36. The maximum Gasteiger partial charge on any atom is 0.237 e. The molecule has 2 aliphatic heterocycles. The molecule has 4 heterocycles. The lowest BCUT2D eigenvalue weighted by atomic mass is 10.00. The van der Waals surface area contributed by atoms with Crippen molar-refractivity contribution in [2.45, 2.75) is 20.0 Å². The third-order valence-corrected chi connectivity index (χ3v) is 6.08. The number of pyridine rings is 1. The first-order chi connectivity index (χ1) is 15.7. The number of nitrogens with zero attached hydrogens (tertiary/aromatic N) is 3. The standard InChI is InChI=1S/C25H23N5O2/c1-15-21(13-27-24-23(15)26-7-9-32-24)17-2-3-18-12-28-25(30-22(18)11-17)29-20-5-4-19-14-31-8-6-16(19)10-20/h2-5,10-13,26H,6-9,14H2,1H3,(H,28,29,30). The zero-order chi connectivity index (χ0) is 21.5. The van der Waals surface area contributed by atoms with Crippen molar-refractivity contribution in [2.75, 3.05) is 30.4 Å². The molecule has 2 aromatic carbocycles. The summed E-state index contributed by atoms with van der Waals surface area (Å²) in [7, 11) is 0. The van der Waals surface area contributed by atoms with Crippen LogP contribution in [0.4, 0.5) is 17.3 Å². The van der Waals surface area contributed by atoms with Gasteiger partial charge in [0.2, 0.25) is 11.8 Å². The van der Waals surface area contributed by atoms with Gasteiger partial charge in [-0.05, 0) is 53.8 Å². The Labute approximate surface area is 185 Å². The Kier molecular flexibility index (Phi) is 4.61. The molecule has 0 atom stereocenters. The van der Waals surface area contributed by atoms with Crippen molar-refractivity contribution in [3.63, 3.8) is 0 Å². The van der Waals surface area contributed by atoms with E-state index < -0.39 is 0 Å². The first kappa shape index (κ1) is 19.0. The van der Waals surface area contributed by atoms with E-state index in [-0.39, 0.29) is 0 Å². The van der Waals surface area contributed by atoms with Gasteiger partial charge in [0.15, 0.2) is 0 Å². The van der Waals surface area contributed by atoms with Gasteiger partial charge in [0.05, 0.1) is 18.7 Å². The zero-order valence-electron chi connectivity index (χ0n) is 17.8. The van der Waals surface area contributed by atoms with Gasteiger partial charge < -0.3 is 20.1 Å². The Morgan fingerprint density at radius 3 is 2.94 bits per heavy atom. The minimum Gasteiger partial charge on any atom is -0.474 e. The molecule has 2 aliphatic rings. The number of nitrogens with one attached hydrogen (secondary N) is 2. The van der Waals surface area contributed by atoms with Crippen molar-refractivity contribution in [2.24, 2.45) is 0 Å². The molecule has 32 heavy (non-hydrogen) atoms. The molecule has 2 aromatic heterocycles. The fraction of sp³-hybridized carbons (Fsp3) is 0.240. The summed E-state index contributed by atoms with van der Waals surface area (Å²) in [5, 5.41) is 7.75. The molecule has 7 heteroatoms. The second-order valence-electron chi connectivity index (χ2n) is 8.13. The van der Waals surface area contributed by atoms with Gasteiger partial charge in [0.25, 0.3) is 0 Å².